The van der Waals surface area contributed by atoms with E-state index in [1.54, 1.807) is 0 Å². The highest BCUT2D eigenvalue weighted by molar-refractivity contribution is 5.70. The highest BCUT2D eigenvalue weighted by Crippen LogP contribution is 2.37. The smallest absolute Gasteiger partial charge is 0.410 e. The zero-order chi connectivity index (χ0) is 17.0. The fourth-order valence-electron chi connectivity index (χ4n) is 3.09. The summed E-state index contributed by atoms with van der Waals surface area (Å²) in [6, 6.07) is 4.09. The number of nitrogens with zero attached hydrogens (tertiary/aromatic N) is 3. The number of carbonyl (C=O) groups is 1. The number of hydrogen-bond donors (Lipinski definition) is 0. The van der Waals surface area contributed by atoms with E-state index in [1.165, 1.54) is 0 Å². The van der Waals surface area contributed by atoms with Crippen molar-refractivity contribution < 1.29 is 9.53 Å². The van der Waals surface area contributed by atoms with Crippen LogP contribution in [-0.2, 0) is 4.74 Å². The second-order valence-electron chi connectivity index (χ2n) is 6.92. The van der Waals surface area contributed by atoms with Crippen LogP contribution in [0.4, 0.5) is 10.6 Å². The predicted molar refractivity (Wildman–Crippen MR) is 92.7 cm³/mol. The van der Waals surface area contributed by atoms with E-state index in [4.69, 9.17) is 4.74 Å². The van der Waals surface area contributed by atoms with E-state index in [1.807, 2.05) is 37.9 Å². The minimum absolute atomic E-state index is 0.0501. The van der Waals surface area contributed by atoms with Crippen molar-refractivity contribution in [3.63, 3.8) is 0 Å². The van der Waals surface area contributed by atoms with Crippen LogP contribution in [0.25, 0.3) is 0 Å². The van der Waals surface area contributed by atoms with E-state index >= 15 is 0 Å². The third-order valence-corrected chi connectivity index (χ3v) is 4.12. The highest BCUT2D eigenvalue weighted by Gasteiger charge is 2.35. The first-order valence-corrected chi connectivity index (χ1v) is 8.56. The van der Waals surface area contributed by atoms with Gasteiger partial charge >= 0.3 is 6.09 Å². The van der Waals surface area contributed by atoms with Crippen molar-refractivity contribution in [1.29, 1.82) is 0 Å². The standard InChI is InChI=1S/C18H29N3O2/c1-6-20(7-2)16-14(10-8-12-19-16)15-11-9-13-21(15)17(22)23-18(3,4)5/h8,10,12,15H,6-7,9,11,13H2,1-5H3. The average Bonchev–Trinajstić information content (AvgIpc) is 2.97. The number of ether oxygens (including phenoxy) is 1. The van der Waals surface area contributed by atoms with Gasteiger partial charge in [-0.1, -0.05) is 6.07 Å². The van der Waals surface area contributed by atoms with Gasteiger partial charge < -0.3 is 14.5 Å². The number of amides is 1. The number of aromatic nitrogens is 1. The number of likely N-dealkylation sites (tertiary alicyclic amines) is 1. The van der Waals surface area contributed by atoms with E-state index in [0.717, 1.165) is 43.9 Å². The second-order valence-corrected chi connectivity index (χ2v) is 6.92. The van der Waals surface area contributed by atoms with Crippen molar-refractivity contribution in [2.24, 2.45) is 0 Å². The molecule has 1 unspecified atom stereocenters. The lowest BCUT2D eigenvalue weighted by atomic mass is 10.0. The molecule has 1 fully saturated rings. The summed E-state index contributed by atoms with van der Waals surface area (Å²) in [6.45, 7) is 12.5. The van der Waals surface area contributed by atoms with Gasteiger partial charge in [-0.15, -0.1) is 0 Å². The predicted octanol–water partition coefficient (Wildman–Crippen LogP) is 4.00. The van der Waals surface area contributed by atoms with Gasteiger partial charge in [0.2, 0.25) is 0 Å². The normalized spacial score (nSPS) is 18.1. The second kappa shape index (κ2) is 7.20. The van der Waals surface area contributed by atoms with Crippen molar-refractivity contribution in [3.05, 3.63) is 23.9 Å². The van der Waals surface area contributed by atoms with Gasteiger partial charge in [0.05, 0.1) is 6.04 Å². The lowest BCUT2D eigenvalue weighted by molar-refractivity contribution is 0.0224. The monoisotopic (exact) mass is 319 g/mol. The Hall–Kier alpha value is -1.78. The first-order valence-electron chi connectivity index (χ1n) is 8.56. The van der Waals surface area contributed by atoms with Crippen molar-refractivity contribution in [2.45, 2.75) is 59.1 Å². The molecule has 5 heteroatoms. The van der Waals surface area contributed by atoms with Gasteiger partial charge in [0.25, 0.3) is 0 Å². The molecular weight excluding hydrogens is 290 g/mol. The molecule has 0 N–H and O–H groups in total. The van der Waals surface area contributed by atoms with Gasteiger partial charge in [-0.3, -0.25) is 0 Å². The van der Waals surface area contributed by atoms with Crippen LogP contribution in [0.15, 0.2) is 18.3 Å². The molecule has 0 bridgehead atoms. The van der Waals surface area contributed by atoms with Crippen LogP contribution in [-0.4, -0.2) is 41.2 Å². The van der Waals surface area contributed by atoms with Crippen LogP contribution >= 0.6 is 0 Å². The number of hydrogen-bond acceptors (Lipinski definition) is 4. The third kappa shape index (κ3) is 4.15. The van der Waals surface area contributed by atoms with Gasteiger partial charge in [-0.05, 0) is 53.5 Å². The maximum atomic E-state index is 12.5. The van der Waals surface area contributed by atoms with Gasteiger partial charge in [0, 0.05) is 31.4 Å². The molecule has 1 saturated heterocycles. The summed E-state index contributed by atoms with van der Waals surface area (Å²) >= 11 is 0. The number of anilines is 1. The quantitative estimate of drug-likeness (QED) is 0.841. The highest BCUT2D eigenvalue weighted by atomic mass is 16.6. The van der Waals surface area contributed by atoms with Crippen LogP contribution in [0.2, 0.25) is 0 Å². The average molecular weight is 319 g/mol. The molecule has 0 aromatic carbocycles. The molecule has 2 heterocycles. The van der Waals surface area contributed by atoms with E-state index < -0.39 is 5.60 Å². The van der Waals surface area contributed by atoms with Crippen molar-refractivity contribution in [3.8, 4) is 0 Å². The summed E-state index contributed by atoms with van der Waals surface area (Å²) in [4.78, 5) is 21.2. The topological polar surface area (TPSA) is 45.7 Å². The lowest BCUT2D eigenvalue weighted by Gasteiger charge is -2.31. The molecule has 0 saturated carbocycles. The maximum absolute atomic E-state index is 12.5. The molecule has 23 heavy (non-hydrogen) atoms. The number of carbonyl (C=O) groups excluding carboxylic acids is 1. The Morgan fingerprint density at radius 2 is 2.09 bits per heavy atom. The molecule has 1 amide bonds. The van der Waals surface area contributed by atoms with E-state index in [2.05, 4.69) is 29.8 Å². The van der Waals surface area contributed by atoms with Gasteiger partial charge in [0.15, 0.2) is 0 Å². The molecule has 0 aliphatic carbocycles. The molecule has 0 radical (unpaired) electrons. The first-order chi connectivity index (χ1) is 10.9. The lowest BCUT2D eigenvalue weighted by Crippen LogP contribution is -2.37. The van der Waals surface area contributed by atoms with Crippen LogP contribution in [0.1, 0.15) is 59.1 Å². The van der Waals surface area contributed by atoms with Crippen LogP contribution in [0.5, 0.6) is 0 Å². The summed E-state index contributed by atoms with van der Waals surface area (Å²) in [5, 5.41) is 0. The Bertz CT molecular complexity index is 535. The first kappa shape index (κ1) is 17.6. The minimum atomic E-state index is -0.471. The summed E-state index contributed by atoms with van der Waals surface area (Å²) in [5.41, 5.74) is 0.653. The van der Waals surface area contributed by atoms with E-state index in [0.29, 0.717) is 0 Å². The molecule has 5 nitrogen and oxygen atoms in total. The van der Waals surface area contributed by atoms with Crippen LogP contribution in [0.3, 0.4) is 0 Å². The van der Waals surface area contributed by atoms with Crippen LogP contribution < -0.4 is 4.90 Å². The largest absolute Gasteiger partial charge is 0.444 e. The Kier molecular flexibility index (Phi) is 5.50. The van der Waals surface area contributed by atoms with Gasteiger partial charge in [-0.2, -0.15) is 0 Å². The van der Waals surface area contributed by atoms with Crippen molar-refractivity contribution >= 4 is 11.9 Å². The number of rotatable bonds is 4. The number of pyridine rings is 1. The molecule has 1 aliphatic heterocycles. The molecule has 1 aliphatic rings. The Morgan fingerprint density at radius 3 is 2.70 bits per heavy atom. The molecule has 128 valence electrons. The molecule has 1 aromatic rings. The van der Waals surface area contributed by atoms with Crippen molar-refractivity contribution in [1.82, 2.24) is 9.88 Å². The zero-order valence-corrected chi connectivity index (χ0v) is 15.0. The Balaban J connectivity index is 2.28. The van der Waals surface area contributed by atoms with Gasteiger partial charge in [0.1, 0.15) is 11.4 Å². The third-order valence-electron chi connectivity index (χ3n) is 4.12. The molecule has 0 spiro atoms. The fraction of sp³-hybridized carbons (Fsp3) is 0.667. The fourth-order valence-corrected chi connectivity index (χ4v) is 3.09. The summed E-state index contributed by atoms with van der Waals surface area (Å²) < 4.78 is 5.58. The van der Waals surface area contributed by atoms with Crippen LogP contribution in [0, 0.1) is 0 Å². The summed E-state index contributed by atoms with van der Waals surface area (Å²) in [7, 11) is 0. The SMILES string of the molecule is CCN(CC)c1ncccc1C1CCCN1C(=O)OC(C)(C)C. The Labute approximate surface area is 139 Å². The molecular formula is C18H29N3O2. The molecule has 1 aromatic heterocycles. The van der Waals surface area contributed by atoms with E-state index in [9.17, 15) is 4.79 Å². The maximum Gasteiger partial charge on any atom is 0.410 e. The Morgan fingerprint density at radius 1 is 1.39 bits per heavy atom. The minimum Gasteiger partial charge on any atom is -0.444 e. The summed E-state index contributed by atoms with van der Waals surface area (Å²) in [5.74, 6) is 0.984. The summed E-state index contributed by atoms with van der Waals surface area (Å²) in [6.07, 6.45) is 3.55. The van der Waals surface area contributed by atoms with E-state index in [-0.39, 0.29) is 12.1 Å². The van der Waals surface area contributed by atoms with Gasteiger partial charge in [-0.25, -0.2) is 9.78 Å². The van der Waals surface area contributed by atoms with Crippen molar-refractivity contribution in [2.75, 3.05) is 24.5 Å². The molecule has 2 rings (SSSR count). The molecule has 1 atom stereocenters. The zero-order valence-electron chi connectivity index (χ0n) is 15.0.